The van der Waals surface area contributed by atoms with Crippen molar-refractivity contribution < 1.29 is 0 Å². The number of benzene rings is 12. The van der Waals surface area contributed by atoms with Crippen molar-refractivity contribution in [2.24, 2.45) is 0 Å². The lowest BCUT2D eigenvalue weighted by Crippen LogP contribution is -2.61. The van der Waals surface area contributed by atoms with E-state index < -0.39 is 0 Å². The van der Waals surface area contributed by atoms with Gasteiger partial charge in [-0.25, -0.2) is 0 Å². The van der Waals surface area contributed by atoms with E-state index in [-0.39, 0.29) is 6.71 Å². The first-order valence-electron chi connectivity index (χ1n) is 26.3. The van der Waals surface area contributed by atoms with Gasteiger partial charge in [0.15, 0.2) is 0 Å². The van der Waals surface area contributed by atoms with Crippen LogP contribution < -0.4 is 31.1 Å². The molecule has 3 nitrogen and oxygen atoms in total. The van der Waals surface area contributed by atoms with Crippen LogP contribution in [0.2, 0.25) is 0 Å². The van der Waals surface area contributed by atoms with Crippen molar-refractivity contribution in [1.82, 2.24) is 0 Å². The van der Waals surface area contributed by atoms with Crippen LogP contribution in [0.15, 0.2) is 291 Å². The number of rotatable bonds is 8. The van der Waals surface area contributed by atoms with Crippen LogP contribution in [0.25, 0.3) is 66.8 Å². The molecular weight excluding hydrogens is 918 g/mol. The van der Waals surface area contributed by atoms with Crippen LogP contribution >= 0.6 is 0 Å². The van der Waals surface area contributed by atoms with Gasteiger partial charge in [-0.3, -0.25) is 0 Å². The van der Waals surface area contributed by atoms with Crippen LogP contribution in [0.3, 0.4) is 0 Å². The third-order valence-corrected chi connectivity index (χ3v) is 15.7. The van der Waals surface area contributed by atoms with Crippen molar-refractivity contribution in [3.8, 4) is 66.8 Å². The van der Waals surface area contributed by atoms with E-state index in [0.717, 1.165) is 45.5 Å². The van der Waals surface area contributed by atoms with E-state index in [1.807, 2.05) is 0 Å². The molecule has 0 amide bonds. The van der Waals surface area contributed by atoms with Crippen molar-refractivity contribution in [1.29, 1.82) is 0 Å². The smallest absolute Gasteiger partial charge is 0.252 e. The van der Waals surface area contributed by atoms with Gasteiger partial charge in [0, 0.05) is 50.9 Å². The Kier molecular flexibility index (Phi) is 10.3. The van der Waals surface area contributed by atoms with E-state index in [9.17, 15) is 0 Å². The molecule has 0 aliphatic carbocycles. The number of hydrogen-bond acceptors (Lipinski definition) is 3. The Morgan fingerprint density at radius 3 is 1.26 bits per heavy atom. The lowest BCUT2D eigenvalue weighted by Gasteiger charge is -2.45. The second kappa shape index (κ2) is 17.9. The summed E-state index contributed by atoms with van der Waals surface area (Å²) in [7, 11) is 0. The molecule has 15 rings (SSSR count). The van der Waals surface area contributed by atoms with Crippen LogP contribution in [0.1, 0.15) is 0 Å². The molecule has 0 bridgehead atoms. The highest BCUT2D eigenvalue weighted by Crippen LogP contribution is 2.56. The summed E-state index contributed by atoms with van der Waals surface area (Å²) < 4.78 is 0. The Hall–Kier alpha value is -9.90. The normalized spacial score (nSPS) is 12.4. The fraction of sp³-hybridized carbons (Fsp3) is 0. The van der Waals surface area contributed by atoms with Crippen LogP contribution in [0.5, 0.6) is 0 Å². The minimum absolute atomic E-state index is 0.133. The highest BCUT2D eigenvalue weighted by Gasteiger charge is 2.46. The molecule has 12 aromatic rings. The summed E-state index contributed by atoms with van der Waals surface area (Å²) in [6.07, 6.45) is 0. The second-order valence-electron chi connectivity index (χ2n) is 20.0. The fourth-order valence-corrected chi connectivity index (χ4v) is 12.3. The largest absolute Gasteiger partial charge is 0.311 e. The minimum atomic E-state index is -0.133. The predicted molar refractivity (Wildman–Crippen MR) is 321 cm³/mol. The molecular formula is C72H48BN3. The Balaban J connectivity index is 1.09. The van der Waals surface area contributed by atoms with Gasteiger partial charge in [-0.15, -0.1) is 0 Å². The fourth-order valence-electron chi connectivity index (χ4n) is 12.3. The third-order valence-electron chi connectivity index (χ3n) is 15.7. The van der Waals surface area contributed by atoms with E-state index in [1.165, 1.54) is 88.8 Å². The van der Waals surface area contributed by atoms with E-state index in [2.05, 4.69) is 306 Å². The molecule has 0 aromatic heterocycles. The predicted octanol–water partition coefficient (Wildman–Crippen LogP) is 17.6. The maximum absolute atomic E-state index is 2.64. The Bertz CT molecular complexity index is 4110. The summed E-state index contributed by atoms with van der Waals surface area (Å²) in [6.45, 7) is -0.133. The summed E-state index contributed by atoms with van der Waals surface area (Å²) in [5.41, 5.74) is 28.3. The lowest BCUT2D eigenvalue weighted by atomic mass is 9.33. The quantitative estimate of drug-likeness (QED) is 0.141. The highest BCUT2D eigenvalue weighted by atomic mass is 15.2. The van der Waals surface area contributed by atoms with E-state index in [4.69, 9.17) is 0 Å². The van der Waals surface area contributed by atoms with Crippen LogP contribution in [-0.4, -0.2) is 6.71 Å². The van der Waals surface area contributed by atoms with Crippen molar-refractivity contribution >= 4 is 74.3 Å². The van der Waals surface area contributed by atoms with Gasteiger partial charge < -0.3 is 14.7 Å². The van der Waals surface area contributed by atoms with Gasteiger partial charge in [0.25, 0.3) is 6.71 Å². The standard InChI is InChI=1S/C72H48BN3/c1-7-21-49(22-8-1)53-35-39-59(40-36-53)75-68-46-55(51-25-11-3-12-26-51)37-41-65(68)73-66-45-56(52-27-13-4-14-28-52)44-64-62-34-20-19-33-61(62)63-43-54(50-23-9-2-10-24-50)38-42-67(63)76(72(64)66)70-48-60(47-69(75)71(70)73)74(57-29-15-5-16-30-57)58-31-17-6-18-32-58/h1-48H. The molecule has 0 fully saturated rings. The van der Waals surface area contributed by atoms with Gasteiger partial charge in [-0.05, 0) is 145 Å². The van der Waals surface area contributed by atoms with Gasteiger partial charge in [-0.1, -0.05) is 218 Å². The van der Waals surface area contributed by atoms with Crippen LogP contribution in [-0.2, 0) is 0 Å². The van der Waals surface area contributed by atoms with Gasteiger partial charge in [0.1, 0.15) is 0 Å². The maximum Gasteiger partial charge on any atom is 0.252 e. The molecule has 0 N–H and O–H groups in total. The van der Waals surface area contributed by atoms with Gasteiger partial charge in [0.05, 0.1) is 11.4 Å². The van der Waals surface area contributed by atoms with E-state index in [1.54, 1.807) is 0 Å². The monoisotopic (exact) mass is 965 g/mol. The molecule has 3 heterocycles. The summed E-state index contributed by atoms with van der Waals surface area (Å²) in [5, 5.41) is 0. The average Bonchev–Trinajstić information content (AvgIpc) is 3.84. The molecule has 3 aliphatic rings. The number of anilines is 9. The molecule has 354 valence electrons. The van der Waals surface area contributed by atoms with E-state index in [0.29, 0.717) is 0 Å². The average molecular weight is 966 g/mol. The summed E-state index contributed by atoms with van der Waals surface area (Å²) in [5.74, 6) is 0. The van der Waals surface area contributed by atoms with Crippen molar-refractivity contribution in [3.63, 3.8) is 0 Å². The van der Waals surface area contributed by atoms with Crippen LogP contribution in [0.4, 0.5) is 51.2 Å². The van der Waals surface area contributed by atoms with E-state index >= 15 is 0 Å². The Labute approximate surface area is 444 Å². The minimum Gasteiger partial charge on any atom is -0.311 e. The zero-order valence-electron chi connectivity index (χ0n) is 41.6. The lowest BCUT2D eigenvalue weighted by molar-refractivity contribution is 1.23. The Morgan fingerprint density at radius 2 is 0.684 bits per heavy atom. The molecule has 0 spiro atoms. The Morgan fingerprint density at radius 1 is 0.250 bits per heavy atom. The number of hydrogen-bond donors (Lipinski definition) is 0. The molecule has 0 saturated heterocycles. The molecule has 0 atom stereocenters. The van der Waals surface area contributed by atoms with Crippen molar-refractivity contribution in [3.05, 3.63) is 291 Å². The van der Waals surface area contributed by atoms with Gasteiger partial charge >= 0.3 is 0 Å². The van der Waals surface area contributed by atoms with Crippen molar-refractivity contribution in [2.75, 3.05) is 14.7 Å². The summed E-state index contributed by atoms with van der Waals surface area (Å²) in [6, 6.07) is 108. The molecule has 0 radical (unpaired) electrons. The first-order chi connectivity index (χ1) is 37.7. The molecule has 76 heavy (non-hydrogen) atoms. The zero-order chi connectivity index (χ0) is 50.1. The van der Waals surface area contributed by atoms with Crippen LogP contribution in [0, 0.1) is 0 Å². The van der Waals surface area contributed by atoms with Crippen molar-refractivity contribution in [2.45, 2.75) is 0 Å². The first kappa shape index (κ1) is 43.7. The molecule has 3 aliphatic heterocycles. The summed E-state index contributed by atoms with van der Waals surface area (Å²) in [4.78, 5) is 7.62. The zero-order valence-corrected chi connectivity index (χ0v) is 41.6. The van der Waals surface area contributed by atoms with Gasteiger partial charge in [-0.2, -0.15) is 0 Å². The molecule has 12 aromatic carbocycles. The third kappa shape index (κ3) is 7.14. The SMILES string of the molecule is c1ccc(-c2ccc(N3c4cc(-c5ccccc5)ccc4B4c5cc(-c6ccccc6)cc6c5N(c5ccc(-c7ccccc7)cc5-c5ccccc5-6)c5cc(N(c6ccccc6)c6ccccc6)cc3c54)cc2)cc1. The number of para-hydroxylation sites is 2. The number of nitrogens with zero attached hydrogens (tertiary/aromatic N) is 3. The second-order valence-corrected chi connectivity index (χ2v) is 20.0. The molecule has 0 saturated carbocycles. The maximum atomic E-state index is 2.64. The molecule has 4 heteroatoms. The number of fused-ring (bicyclic) bond motifs is 9. The topological polar surface area (TPSA) is 9.72 Å². The molecule has 0 unspecified atom stereocenters. The summed E-state index contributed by atoms with van der Waals surface area (Å²) >= 11 is 0. The highest BCUT2D eigenvalue weighted by molar-refractivity contribution is 7.00. The first-order valence-corrected chi connectivity index (χ1v) is 26.3. The van der Waals surface area contributed by atoms with Gasteiger partial charge in [0.2, 0.25) is 0 Å².